The van der Waals surface area contributed by atoms with E-state index in [1.165, 1.54) is 22.2 Å². The third-order valence-corrected chi connectivity index (χ3v) is 5.76. The normalized spacial score (nSPS) is 10.9. The fraction of sp³-hybridized carbons (Fsp3) is 0.286. The van der Waals surface area contributed by atoms with Crippen molar-refractivity contribution in [3.05, 3.63) is 59.1 Å². The number of hydrogen-bond acceptors (Lipinski definition) is 6. The van der Waals surface area contributed by atoms with Crippen LogP contribution in [0.2, 0.25) is 5.02 Å². The topological polar surface area (TPSA) is 93.0 Å². The van der Waals surface area contributed by atoms with Crippen molar-refractivity contribution >= 4 is 40.9 Å². The van der Waals surface area contributed by atoms with Gasteiger partial charge in [-0.05, 0) is 46.2 Å². The van der Waals surface area contributed by atoms with E-state index in [0.29, 0.717) is 21.8 Å². The molecule has 0 unspecified atom stereocenters. The number of anilines is 1. The molecule has 3 rings (SSSR count). The van der Waals surface area contributed by atoms with Crippen molar-refractivity contribution in [1.29, 1.82) is 0 Å². The summed E-state index contributed by atoms with van der Waals surface area (Å²) < 4.78 is 1.59. The monoisotopic (exact) mass is 458 g/mol. The summed E-state index contributed by atoms with van der Waals surface area (Å²) in [5.74, 6) is -0.0200. The lowest BCUT2D eigenvalue weighted by molar-refractivity contribution is -0.131. The van der Waals surface area contributed by atoms with E-state index < -0.39 is 0 Å². The molecule has 0 atom stereocenters. The van der Waals surface area contributed by atoms with Gasteiger partial charge in [-0.25, -0.2) is 0 Å². The molecule has 1 heterocycles. The molecule has 162 valence electrons. The Morgan fingerprint density at radius 2 is 1.87 bits per heavy atom. The van der Waals surface area contributed by atoms with E-state index in [4.69, 9.17) is 11.6 Å². The molecule has 10 heteroatoms. The fourth-order valence-electron chi connectivity index (χ4n) is 2.72. The average molecular weight is 459 g/mol. The number of aromatic nitrogens is 4. The summed E-state index contributed by atoms with van der Waals surface area (Å²) in [6.45, 7) is 4.17. The number of tetrazole rings is 1. The van der Waals surface area contributed by atoms with E-state index in [0.717, 1.165) is 5.69 Å². The standard InChI is InChI=1S/C21H23ClN6O2S/c1-14(2)15-8-10-16(11-9-15)28-21(24-25-26-28)31-13-20(30)27(3)12-19(29)23-18-7-5-4-6-17(18)22/h4-11,14H,12-13H2,1-3H3,(H,23,29). The molecule has 1 aromatic heterocycles. The number of halogens is 1. The number of benzene rings is 2. The van der Waals surface area contributed by atoms with Gasteiger partial charge in [0, 0.05) is 7.05 Å². The minimum atomic E-state index is -0.330. The molecule has 0 aliphatic carbocycles. The van der Waals surface area contributed by atoms with Crippen LogP contribution in [0.1, 0.15) is 25.3 Å². The van der Waals surface area contributed by atoms with E-state index >= 15 is 0 Å². The lowest BCUT2D eigenvalue weighted by Gasteiger charge is -2.17. The number of rotatable bonds is 8. The van der Waals surface area contributed by atoms with Crippen LogP contribution in [0.3, 0.4) is 0 Å². The van der Waals surface area contributed by atoms with Crippen molar-refractivity contribution < 1.29 is 9.59 Å². The molecule has 0 radical (unpaired) electrons. The van der Waals surface area contributed by atoms with Gasteiger partial charge in [-0.3, -0.25) is 9.59 Å². The Morgan fingerprint density at radius 3 is 2.55 bits per heavy atom. The first-order valence-corrected chi connectivity index (χ1v) is 11.0. The highest BCUT2D eigenvalue weighted by Crippen LogP contribution is 2.22. The summed E-state index contributed by atoms with van der Waals surface area (Å²) in [7, 11) is 1.57. The van der Waals surface area contributed by atoms with Crippen molar-refractivity contribution in [1.82, 2.24) is 25.1 Å². The fourth-order valence-corrected chi connectivity index (χ4v) is 3.74. The van der Waals surface area contributed by atoms with Crippen molar-refractivity contribution in [3.63, 3.8) is 0 Å². The Balaban J connectivity index is 1.55. The summed E-state index contributed by atoms with van der Waals surface area (Å²) in [5, 5.41) is 15.4. The van der Waals surface area contributed by atoms with E-state index in [2.05, 4.69) is 34.7 Å². The molecule has 0 aliphatic heterocycles. The molecule has 0 bridgehead atoms. The van der Waals surface area contributed by atoms with Gasteiger partial charge in [0.15, 0.2) is 0 Å². The largest absolute Gasteiger partial charge is 0.336 e. The Kier molecular flexibility index (Phi) is 7.64. The highest BCUT2D eigenvalue weighted by atomic mass is 35.5. The highest BCUT2D eigenvalue weighted by Gasteiger charge is 2.17. The minimum Gasteiger partial charge on any atom is -0.336 e. The van der Waals surface area contributed by atoms with Crippen LogP contribution in [-0.4, -0.2) is 56.3 Å². The maximum atomic E-state index is 12.5. The quantitative estimate of drug-likeness (QED) is 0.518. The van der Waals surface area contributed by atoms with Crippen LogP contribution >= 0.6 is 23.4 Å². The number of likely N-dealkylation sites (N-methyl/N-ethyl adjacent to an activating group) is 1. The lowest BCUT2D eigenvalue weighted by atomic mass is 10.0. The first kappa shape index (κ1) is 22.8. The Labute approximate surface area is 190 Å². The van der Waals surface area contributed by atoms with Gasteiger partial charge < -0.3 is 10.2 Å². The van der Waals surface area contributed by atoms with Gasteiger partial charge in [-0.15, -0.1) is 5.10 Å². The maximum absolute atomic E-state index is 12.5. The van der Waals surface area contributed by atoms with Gasteiger partial charge in [-0.2, -0.15) is 4.68 Å². The molecule has 0 saturated heterocycles. The van der Waals surface area contributed by atoms with Gasteiger partial charge >= 0.3 is 0 Å². The molecule has 0 saturated carbocycles. The minimum absolute atomic E-state index is 0.0911. The number of thioether (sulfide) groups is 1. The summed E-state index contributed by atoms with van der Waals surface area (Å²) in [6.07, 6.45) is 0. The molecule has 2 amide bonds. The van der Waals surface area contributed by atoms with Crippen LogP contribution in [0.4, 0.5) is 5.69 Å². The van der Waals surface area contributed by atoms with Crippen LogP contribution < -0.4 is 5.32 Å². The Bertz CT molecular complexity index is 1050. The molecule has 3 aromatic rings. The second kappa shape index (κ2) is 10.4. The van der Waals surface area contributed by atoms with Crippen molar-refractivity contribution in [2.24, 2.45) is 0 Å². The van der Waals surface area contributed by atoms with Gasteiger partial charge in [-0.1, -0.05) is 61.5 Å². The summed E-state index contributed by atoms with van der Waals surface area (Å²) >= 11 is 7.26. The zero-order chi connectivity index (χ0) is 22.4. The van der Waals surface area contributed by atoms with Crippen LogP contribution in [0.5, 0.6) is 0 Å². The number of para-hydroxylation sites is 1. The number of carbonyl (C=O) groups excluding carboxylic acids is 2. The van der Waals surface area contributed by atoms with Gasteiger partial charge in [0.05, 0.1) is 28.7 Å². The highest BCUT2D eigenvalue weighted by molar-refractivity contribution is 7.99. The third-order valence-electron chi connectivity index (χ3n) is 4.52. The van der Waals surface area contributed by atoms with E-state index in [9.17, 15) is 9.59 Å². The maximum Gasteiger partial charge on any atom is 0.244 e. The second-order valence-electron chi connectivity index (χ2n) is 7.19. The lowest BCUT2D eigenvalue weighted by Crippen LogP contribution is -2.36. The molecule has 0 spiro atoms. The van der Waals surface area contributed by atoms with Crippen LogP contribution in [0.15, 0.2) is 53.7 Å². The molecule has 0 aliphatic rings. The molecule has 1 N–H and O–H groups in total. The van der Waals surface area contributed by atoms with Gasteiger partial charge in [0.2, 0.25) is 17.0 Å². The van der Waals surface area contributed by atoms with Crippen LogP contribution in [-0.2, 0) is 9.59 Å². The number of nitrogens with one attached hydrogen (secondary N) is 1. The van der Waals surface area contributed by atoms with Crippen molar-refractivity contribution in [2.45, 2.75) is 24.9 Å². The zero-order valence-electron chi connectivity index (χ0n) is 17.4. The van der Waals surface area contributed by atoms with Gasteiger partial charge in [0.1, 0.15) is 0 Å². The SMILES string of the molecule is CC(C)c1ccc(-n2nnnc2SCC(=O)N(C)CC(=O)Nc2ccccc2Cl)cc1. The zero-order valence-corrected chi connectivity index (χ0v) is 19.0. The predicted octanol–water partition coefficient (Wildman–Crippen LogP) is 3.63. The Hall–Kier alpha value is -2.91. The number of carbonyl (C=O) groups is 2. The first-order valence-electron chi connectivity index (χ1n) is 9.65. The number of hydrogen-bond donors (Lipinski definition) is 1. The van der Waals surface area contributed by atoms with Gasteiger partial charge in [0.25, 0.3) is 0 Å². The summed E-state index contributed by atoms with van der Waals surface area (Å²) in [4.78, 5) is 26.1. The third kappa shape index (κ3) is 6.05. The van der Waals surface area contributed by atoms with E-state index in [-0.39, 0.29) is 24.1 Å². The molecular weight excluding hydrogens is 436 g/mol. The van der Waals surface area contributed by atoms with Crippen molar-refractivity contribution in [3.8, 4) is 5.69 Å². The van der Waals surface area contributed by atoms with Crippen molar-refractivity contribution in [2.75, 3.05) is 24.7 Å². The Morgan fingerprint density at radius 1 is 1.16 bits per heavy atom. The summed E-state index contributed by atoms with van der Waals surface area (Å²) in [5.41, 5.74) is 2.54. The summed E-state index contributed by atoms with van der Waals surface area (Å²) in [6, 6.07) is 14.9. The molecule has 0 fully saturated rings. The molecule has 8 nitrogen and oxygen atoms in total. The van der Waals surface area contributed by atoms with E-state index in [1.807, 2.05) is 24.3 Å². The molecule has 31 heavy (non-hydrogen) atoms. The number of amides is 2. The van der Waals surface area contributed by atoms with Crippen LogP contribution in [0, 0.1) is 0 Å². The first-order chi connectivity index (χ1) is 14.8. The van der Waals surface area contributed by atoms with E-state index in [1.54, 1.807) is 36.0 Å². The van der Waals surface area contributed by atoms with Crippen LogP contribution in [0.25, 0.3) is 5.69 Å². The smallest absolute Gasteiger partial charge is 0.244 e. The second-order valence-corrected chi connectivity index (χ2v) is 8.54. The average Bonchev–Trinajstić information content (AvgIpc) is 3.22. The predicted molar refractivity (Wildman–Crippen MR) is 122 cm³/mol. The number of nitrogens with zero attached hydrogens (tertiary/aromatic N) is 5. The molecular formula is C21H23ClN6O2S. The molecule has 2 aromatic carbocycles.